The van der Waals surface area contributed by atoms with Gasteiger partial charge in [0.05, 0.1) is 11.5 Å². The van der Waals surface area contributed by atoms with E-state index in [1.165, 1.54) is 12.8 Å². The van der Waals surface area contributed by atoms with E-state index in [2.05, 4.69) is 42.5 Å². The van der Waals surface area contributed by atoms with Gasteiger partial charge in [0.1, 0.15) is 11.7 Å². The number of thioether (sulfide) groups is 1. The van der Waals surface area contributed by atoms with Crippen LogP contribution < -0.4 is 21.6 Å². The zero-order valence-corrected chi connectivity index (χ0v) is 15.0. The molecule has 126 valence electrons. The summed E-state index contributed by atoms with van der Waals surface area (Å²) in [5.41, 5.74) is 10.9. The molecular formula is C14H25BrFN5S. The Morgan fingerprint density at radius 3 is 2.64 bits per heavy atom. The zero-order chi connectivity index (χ0) is 15.1. The molecule has 3 heterocycles. The fourth-order valence-corrected chi connectivity index (χ4v) is 6.24. The van der Waals surface area contributed by atoms with E-state index in [4.69, 9.17) is 0 Å². The van der Waals surface area contributed by atoms with Gasteiger partial charge in [0.15, 0.2) is 0 Å². The maximum Gasteiger partial charge on any atom is 0.136 e. The van der Waals surface area contributed by atoms with E-state index in [9.17, 15) is 4.39 Å². The second kappa shape index (κ2) is 6.82. The van der Waals surface area contributed by atoms with Crippen molar-refractivity contribution in [3.63, 3.8) is 0 Å². The van der Waals surface area contributed by atoms with Gasteiger partial charge in [-0.3, -0.25) is 0 Å². The topological polar surface area (TPSA) is 51.4 Å². The molecule has 0 aromatic carbocycles. The first-order valence-corrected chi connectivity index (χ1v) is 10.3. The van der Waals surface area contributed by atoms with Gasteiger partial charge in [-0.2, -0.15) is 5.01 Å². The van der Waals surface area contributed by atoms with Gasteiger partial charge < -0.3 is 5.32 Å². The van der Waals surface area contributed by atoms with Crippen molar-refractivity contribution < 1.29 is 4.39 Å². The number of alkyl halides is 2. The minimum atomic E-state index is -0.676. The van der Waals surface area contributed by atoms with Crippen LogP contribution in [0.2, 0.25) is 0 Å². The monoisotopic (exact) mass is 393 g/mol. The van der Waals surface area contributed by atoms with Crippen LogP contribution in [-0.2, 0) is 0 Å². The van der Waals surface area contributed by atoms with Gasteiger partial charge in [-0.15, -0.1) is 11.8 Å². The van der Waals surface area contributed by atoms with Crippen LogP contribution in [0.3, 0.4) is 0 Å². The van der Waals surface area contributed by atoms with Crippen LogP contribution in [0.4, 0.5) is 4.39 Å². The normalized spacial score (nSPS) is 47.7. The van der Waals surface area contributed by atoms with E-state index >= 15 is 0 Å². The molecule has 4 N–H and O–H groups in total. The van der Waals surface area contributed by atoms with Crippen LogP contribution in [0.1, 0.15) is 32.1 Å². The van der Waals surface area contributed by atoms with Gasteiger partial charge in [0.2, 0.25) is 0 Å². The summed E-state index contributed by atoms with van der Waals surface area (Å²) in [5, 5.41) is 6.20. The van der Waals surface area contributed by atoms with Crippen molar-refractivity contribution in [2.24, 2.45) is 11.8 Å². The van der Waals surface area contributed by atoms with Crippen molar-refractivity contribution in [2.75, 3.05) is 13.1 Å². The summed E-state index contributed by atoms with van der Waals surface area (Å²) in [6.07, 6.45) is 4.73. The summed E-state index contributed by atoms with van der Waals surface area (Å²) in [6.45, 7) is 2.23. The number of hydrogen-bond donors (Lipinski definition) is 4. The average molecular weight is 394 g/mol. The van der Waals surface area contributed by atoms with Crippen LogP contribution in [0.5, 0.6) is 0 Å². The van der Waals surface area contributed by atoms with Gasteiger partial charge in [-0.05, 0) is 57.0 Å². The van der Waals surface area contributed by atoms with Crippen molar-refractivity contribution in [2.45, 2.75) is 60.1 Å². The van der Waals surface area contributed by atoms with Gasteiger partial charge in [-0.25, -0.2) is 20.7 Å². The van der Waals surface area contributed by atoms with Crippen LogP contribution >= 0.6 is 27.7 Å². The Bertz CT molecular complexity index is 399. The maximum atomic E-state index is 13.7. The highest BCUT2D eigenvalue weighted by Gasteiger charge is 2.47. The lowest BCUT2D eigenvalue weighted by Crippen LogP contribution is -2.53. The van der Waals surface area contributed by atoms with Crippen molar-refractivity contribution in [1.82, 2.24) is 26.6 Å². The van der Waals surface area contributed by atoms with Crippen molar-refractivity contribution in [3.8, 4) is 0 Å². The molecule has 4 rings (SSSR count). The van der Waals surface area contributed by atoms with Crippen molar-refractivity contribution in [3.05, 3.63) is 0 Å². The largest absolute Gasteiger partial charge is 0.317 e. The molecular weight excluding hydrogens is 369 g/mol. The van der Waals surface area contributed by atoms with Gasteiger partial charge in [-0.1, -0.05) is 15.9 Å². The SMILES string of the molecule is FC1CCC(C2NN3C(NNC3C3CCNCC3)S2)CC1Br. The number of piperidine rings is 1. The molecule has 4 fully saturated rings. The number of halogens is 2. The van der Waals surface area contributed by atoms with E-state index < -0.39 is 6.17 Å². The standard InChI is InChI=1S/C14H25BrFN5S/c15-10-7-9(1-2-11(10)16)13-20-21-12(18-19-14(21)22-13)8-3-5-17-6-4-8/h8-14,17-20H,1-7H2. The lowest BCUT2D eigenvalue weighted by atomic mass is 9.88. The fourth-order valence-electron chi connectivity index (χ4n) is 4.11. The number of nitrogens with zero attached hydrogens (tertiary/aromatic N) is 1. The Balaban J connectivity index is 1.37. The summed E-state index contributed by atoms with van der Waals surface area (Å²) in [4.78, 5) is 0.0235. The molecule has 0 aromatic heterocycles. The smallest absolute Gasteiger partial charge is 0.136 e. The highest BCUT2D eigenvalue weighted by atomic mass is 79.9. The highest BCUT2D eigenvalue weighted by molar-refractivity contribution is 9.09. The predicted octanol–water partition coefficient (Wildman–Crippen LogP) is 1.48. The second-order valence-electron chi connectivity index (χ2n) is 6.87. The number of rotatable bonds is 2. The molecule has 3 aliphatic heterocycles. The quantitative estimate of drug-likeness (QED) is 0.533. The third kappa shape index (κ3) is 3.08. The van der Waals surface area contributed by atoms with Gasteiger partial charge in [0.25, 0.3) is 0 Å². The van der Waals surface area contributed by atoms with E-state index in [1.54, 1.807) is 0 Å². The third-order valence-electron chi connectivity index (χ3n) is 5.45. The van der Waals surface area contributed by atoms with E-state index in [0.29, 0.717) is 35.3 Å². The molecule has 22 heavy (non-hydrogen) atoms. The first-order chi connectivity index (χ1) is 10.7. The van der Waals surface area contributed by atoms with Gasteiger partial charge in [0, 0.05) is 4.83 Å². The second-order valence-corrected chi connectivity index (χ2v) is 9.27. The average Bonchev–Trinajstić information content (AvgIpc) is 3.11. The molecule has 1 aliphatic carbocycles. The lowest BCUT2D eigenvalue weighted by Gasteiger charge is -2.35. The highest BCUT2D eigenvalue weighted by Crippen LogP contribution is 2.41. The minimum absolute atomic E-state index is 0.0235. The molecule has 0 bridgehead atoms. The molecule has 1 saturated carbocycles. The first-order valence-electron chi connectivity index (χ1n) is 8.42. The fraction of sp³-hybridized carbons (Fsp3) is 1.00. The number of hydrogen-bond acceptors (Lipinski definition) is 6. The summed E-state index contributed by atoms with van der Waals surface area (Å²) in [5.74, 6) is 1.22. The van der Waals surface area contributed by atoms with E-state index in [1.807, 2.05) is 11.8 Å². The van der Waals surface area contributed by atoms with E-state index in [0.717, 1.165) is 25.9 Å². The van der Waals surface area contributed by atoms with Crippen LogP contribution in [0.25, 0.3) is 0 Å². The number of nitrogens with one attached hydrogen (secondary N) is 4. The molecule has 6 unspecified atom stereocenters. The van der Waals surface area contributed by atoms with Crippen molar-refractivity contribution in [1.29, 1.82) is 0 Å². The summed E-state index contributed by atoms with van der Waals surface area (Å²) in [7, 11) is 0. The maximum absolute atomic E-state index is 13.7. The van der Waals surface area contributed by atoms with Crippen molar-refractivity contribution >= 4 is 27.7 Å². The molecule has 0 aromatic rings. The molecule has 4 aliphatic rings. The minimum Gasteiger partial charge on any atom is -0.317 e. The molecule has 0 amide bonds. The van der Waals surface area contributed by atoms with E-state index in [-0.39, 0.29) is 4.83 Å². The Morgan fingerprint density at radius 2 is 1.86 bits per heavy atom. The molecule has 5 nitrogen and oxygen atoms in total. The first kappa shape index (κ1) is 16.1. The molecule has 3 saturated heterocycles. The Morgan fingerprint density at radius 1 is 1.05 bits per heavy atom. The Hall–Kier alpha value is 0.560. The van der Waals surface area contributed by atoms with Crippen LogP contribution in [0, 0.1) is 11.8 Å². The molecule has 6 atom stereocenters. The zero-order valence-electron chi connectivity index (χ0n) is 12.6. The third-order valence-corrected chi connectivity index (χ3v) is 7.78. The summed E-state index contributed by atoms with van der Waals surface area (Å²) >= 11 is 5.46. The molecule has 0 spiro atoms. The summed E-state index contributed by atoms with van der Waals surface area (Å²) in [6, 6.07) is 0. The predicted molar refractivity (Wildman–Crippen MR) is 90.7 cm³/mol. The Kier molecular flexibility index (Phi) is 4.97. The molecule has 8 heteroatoms. The van der Waals surface area contributed by atoms with Crippen LogP contribution in [0.15, 0.2) is 0 Å². The summed E-state index contributed by atoms with van der Waals surface area (Å²) < 4.78 is 13.7. The lowest BCUT2D eigenvalue weighted by molar-refractivity contribution is 0.0824. The van der Waals surface area contributed by atoms with Crippen LogP contribution in [-0.4, -0.2) is 46.1 Å². The molecule has 0 radical (unpaired) electrons. The number of fused-ring (bicyclic) bond motifs is 1. The Labute approximate surface area is 144 Å². The number of hydrazine groups is 2. The van der Waals surface area contributed by atoms with Gasteiger partial charge >= 0.3 is 0 Å².